The maximum atomic E-state index is 12.3. The van der Waals surface area contributed by atoms with Crippen LogP contribution in [0.25, 0.3) is 0 Å². The Hall–Kier alpha value is -1.46. The average Bonchev–Trinajstić information content (AvgIpc) is 2.95. The maximum Gasteiger partial charge on any atom is 0.305 e. The van der Waals surface area contributed by atoms with Crippen molar-refractivity contribution in [1.82, 2.24) is 0 Å². The number of ether oxygens (including phenoxy) is 1. The van der Waals surface area contributed by atoms with Crippen LogP contribution in [0.2, 0.25) is 0 Å². The molecule has 0 aromatic carbocycles. The second-order valence-electron chi connectivity index (χ2n) is 7.99. The predicted octanol–water partition coefficient (Wildman–Crippen LogP) is 4.12. The highest BCUT2D eigenvalue weighted by atomic mass is 16.5. The Kier molecular flexibility index (Phi) is 11.3. The largest absolute Gasteiger partial charge is 0.469 e. The van der Waals surface area contributed by atoms with Gasteiger partial charge >= 0.3 is 5.97 Å². The van der Waals surface area contributed by atoms with Gasteiger partial charge in [-0.05, 0) is 25.7 Å². The molecule has 1 aliphatic carbocycles. The molecule has 28 heavy (non-hydrogen) atoms. The van der Waals surface area contributed by atoms with Crippen molar-refractivity contribution < 1.29 is 24.5 Å². The van der Waals surface area contributed by atoms with E-state index in [0.717, 1.165) is 44.9 Å². The average molecular weight is 395 g/mol. The number of Topliss-reactive ketones (excluding diaryl/α,β-unsaturated/α-hetero) is 1. The third-order valence-electron chi connectivity index (χ3n) is 5.78. The van der Waals surface area contributed by atoms with Gasteiger partial charge in [0.1, 0.15) is 5.78 Å². The van der Waals surface area contributed by atoms with Gasteiger partial charge in [-0.1, -0.05) is 57.3 Å². The van der Waals surface area contributed by atoms with Gasteiger partial charge in [-0.3, -0.25) is 9.59 Å². The molecule has 0 amide bonds. The van der Waals surface area contributed by atoms with Crippen molar-refractivity contribution >= 4 is 11.8 Å². The second kappa shape index (κ2) is 12.9. The van der Waals surface area contributed by atoms with E-state index in [1.807, 2.05) is 12.2 Å². The molecule has 2 N–H and O–H groups in total. The number of methoxy groups -OCH3 is 1. The summed E-state index contributed by atoms with van der Waals surface area (Å²) in [5, 5.41) is 20.8. The smallest absolute Gasteiger partial charge is 0.305 e. The lowest BCUT2D eigenvalue weighted by atomic mass is 9.87. The van der Waals surface area contributed by atoms with Gasteiger partial charge in [-0.15, -0.1) is 6.58 Å². The van der Waals surface area contributed by atoms with E-state index < -0.39 is 11.7 Å². The molecule has 0 aromatic rings. The summed E-state index contributed by atoms with van der Waals surface area (Å²) in [4.78, 5) is 23.4. The first-order chi connectivity index (χ1) is 13.4. The zero-order chi connectivity index (χ0) is 21.0. The fourth-order valence-corrected chi connectivity index (χ4v) is 3.88. The standard InChI is InChI=1S/C23H38O5/c1-4-6-15-23(27,5-2)16-11-13-19-18(20(24)17-21(19)25)12-9-7-8-10-14-22(26)28-3/h5,11,13,18-19,21,25,27H,2,4,6-10,12,14-17H2,1,3H3/t18-,19-,21-,23-/m1/s1. The highest BCUT2D eigenvalue weighted by molar-refractivity contribution is 5.84. The quantitative estimate of drug-likeness (QED) is 0.263. The molecule has 1 aliphatic rings. The normalized spacial score (nSPS) is 24.4. The molecule has 1 saturated carbocycles. The van der Waals surface area contributed by atoms with E-state index in [-0.39, 0.29) is 30.0 Å². The second-order valence-corrected chi connectivity index (χ2v) is 7.99. The summed E-state index contributed by atoms with van der Waals surface area (Å²) in [6, 6.07) is 0. The topological polar surface area (TPSA) is 83.8 Å². The monoisotopic (exact) mass is 394 g/mol. The molecule has 0 unspecified atom stereocenters. The van der Waals surface area contributed by atoms with Crippen LogP contribution < -0.4 is 0 Å². The van der Waals surface area contributed by atoms with Crippen LogP contribution >= 0.6 is 0 Å². The van der Waals surface area contributed by atoms with Crippen molar-refractivity contribution in [2.45, 2.75) is 89.3 Å². The van der Waals surface area contributed by atoms with Gasteiger partial charge in [-0.2, -0.15) is 0 Å². The molecule has 1 rings (SSSR count). The van der Waals surface area contributed by atoms with Crippen LogP contribution in [0.15, 0.2) is 24.8 Å². The maximum absolute atomic E-state index is 12.3. The Balaban J connectivity index is 2.48. The van der Waals surface area contributed by atoms with Gasteiger partial charge in [0.2, 0.25) is 0 Å². The van der Waals surface area contributed by atoms with Gasteiger partial charge in [0.05, 0.1) is 18.8 Å². The van der Waals surface area contributed by atoms with Crippen LogP contribution in [0.1, 0.15) is 77.6 Å². The summed E-state index contributed by atoms with van der Waals surface area (Å²) >= 11 is 0. The number of esters is 1. The first-order valence-electron chi connectivity index (χ1n) is 10.7. The van der Waals surface area contributed by atoms with Crippen molar-refractivity contribution in [1.29, 1.82) is 0 Å². The van der Waals surface area contributed by atoms with Gasteiger partial charge in [0.25, 0.3) is 0 Å². The summed E-state index contributed by atoms with van der Waals surface area (Å²) in [5.41, 5.74) is -0.921. The summed E-state index contributed by atoms with van der Waals surface area (Å²) in [6.45, 7) is 5.83. The molecule has 0 radical (unpaired) electrons. The summed E-state index contributed by atoms with van der Waals surface area (Å²) in [5.74, 6) is -0.387. The van der Waals surface area contributed by atoms with Gasteiger partial charge < -0.3 is 14.9 Å². The van der Waals surface area contributed by atoms with Gasteiger partial charge in [-0.25, -0.2) is 0 Å². The SMILES string of the molecule is C=C[C@](O)(CC=C[C@H]1[C@H](O)CC(=O)[C@@H]1CCCCCCC(=O)OC)CCCC. The number of ketones is 1. The molecule has 0 bridgehead atoms. The Bertz CT molecular complexity index is 527. The first-order valence-corrected chi connectivity index (χ1v) is 10.7. The number of aliphatic hydroxyl groups excluding tert-OH is 1. The highest BCUT2D eigenvalue weighted by Crippen LogP contribution is 2.35. The van der Waals surface area contributed by atoms with E-state index in [1.165, 1.54) is 7.11 Å². The van der Waals surface area contributed by atoms with E-state index in [9.17, 15) is 19.8 Å². The Morgan fingerprint density at radius 3 is 2.64 bits per heavy atom. The number of hydrogen-bond acceptors (Lipinski definition) is 5. The molecule has 4 atom stereocenters. The number of aliphatic hydroxyl groups is 2. The minimum Gasteiger partial charge on any atom is -0.469 e. The van der Waals surface area contributed by atoms with Gasteiger partial charge in [0, 0.05) is 24.7 Å². The molecule has 0 aliphatic heterocycles. The van der Waals surface area contributed by atoms with Crippen molar-refractivity contribution in [3.05, 3.63) is 24.8 Å². The lowest BCUT2D eigenvalue weighted by Crippen LogP contribution is -2.25. The summed E-state index contributed by atoms with van der Waals surface area (Å²) in [6.07, 6.45) is 12.8. The van der Waals surface area contributed by atoms with E-state index >= 15 is 0 Å². The molecule has 5 heteroatoms. The summed E-state index contributed by atoms with van der Waals surface area (Å²) < 4.78 is 4.63. The van der Waals surface area contributed by atoms with E-state index in [4.69, 9.17) is 0 Å². The fraction of sp³-hybridized carbons (Fsp3) is 0.739. The number of hydrogen-bond donors (Lipinski definition) is 2. The minimum atomic E-state index is -0.921. The lowest BCUT2D eigenvalue weighted by Gasteiger charge is -2.23. The van der Waals surface area contributed by atoms with Gasteiger partial charge in [0.15, 0.2) is 0 Å². The van der Waals surface area contributed by atoms with Crippen molar-refractivity contribution in [2.75, 3.05) is 7.11 Å². The molecular weight excluding hydrogens is 356 g/mol. The zero-order valence-electron chi connectivity index (χ0n) is 17.6. The third-order valence-corrected chi connectivity index (χ3v) is 5.78. The fourth-order valence-electron chi connectivity index (χ4n) is 3.88. The number of rotatable bonds is 14. The predicted molar refractivity (Wildman–Crippen MR) is 111 cm³/mol. The van der Waals surface area contributed by atoms with Crippen molar-refractivity contribution in [3.63, 3.8) is 0 Å². The molecular formula is C23H38O5. The molecule has 0 saturated heterocycles. The molecule has 5 nitrogen and oxygen atoms in total. The zero-order valence-corrected chi connectivity index (χ0v) is 17.6. The summed E-state index contributed by atoms with van der Waals surface area (Å²) in [7, 11) is 1.40. The minimum absolute atomic E-state index is 0.127. The lowest BCUT2D eigenvalue weighted by molar-refractivity contribution is -0.140. The number of unbranched alkanes of at least 4 members (excludes halogenated alkanes) is 4. The van der Waals surface area contributed by atoms with Crippen LogP contribution in [-0.2, 0) is 14.3 Å². The Labute approximate surface area is 169 Å². The third kappa shape index (κ3) is 8.27. The molecule has 1 fully saturated rings. The molecule has 160 valence electrons. The van der Waals surface area contributed by atoms with Crippen molar-refractivity contribution in [3.8, 4) is 0 Å². The molecule has 0 aromatic heterocycles. The number of carbonyl (C=O) groups is 2. The van der Waals surface area contributed by atoms with Crippen LogP contribution in [0, 0.1) is 11.8 Å². The highest BCUT2D eigenvalue weighted by Gasteiger charge is 2.39. The Morgan fingerprint density at radius 1 is 1.29 bits per heavy atom. The van der Waals surface area contributed by atoms with Crippen LogP contribution in [0.3, 0.4) is 0 Å². The Morgan fingerprint density at radius 2 is 2.00 bits per heavy atom. The van der Waals surface area contributed by atoms with E-state index in [1.54, 1.807) is 6.08 Å². The van der Waals surface area contributed by atoms with E-state index in [0.29, 0.717) is 19.3 Å². The first kappa shape index (κ1) is 24.6. The van der Waals surface area contributed by atoms with E-state index in [2.05, 4.69) is 18.2 Å². The molecule has 0 spiro atoms. The van der Waals surface area contributed by atoms with Crippen molar-refractivity contribution in [2.24, 2.45) is 11.8 Å². The van der Waals surface area contributed by atoms with Crippen LogP contribution in [0.4, 0.5) is 0 Å². The number of carbonyl (C=O) groups excluding carboxylic acids is 2. The van der Waals surface area contributed by atoms with Crippen LogP contribution in [-0.4, -0.2) is 40.8 Å². The molecule has 0 heterocycles. The van der Waals surface area contributed by atoms with Crippen LogP contribution in [0.5, 0.6) is 0 Å².